The van der Waals surface area contributed by atoms with Gasteiger partial charge >= 0.3 is 0 Å². The van der Waals surface area contributed by atoms with Gasteiger partial charge in [0.15, 0.2) is 17.4 Å². The Bertz CT molecular complexity index is 603. The number of nitrogens with one attached hydrogen (secondary N) is 2. The summed E-state index contributed by atoms with van der Waals surface area (Å²) in [5, 5.41) is 6.50. The number of para-hydroxylation sites is 1. The van der Waals surface area contributed by atoms with Crippen LogP contribution >= 0.6 is 0 Å². The molecule has 5 nitrogen and oxygen atoms in total. The monoisotopic (exact) mass is 258 g/mol. The molecule has 0 saturated heterocycles. The van der Waals surface area contributed by atoms with E-state index in [1.165, 1.54) is 0 Å². The lowest BCUT2D eigenvalue weighted by atomic mass is 10.2. The first-order chi connectivity index (χ1) is 9.33. The van der Waals surface area contributed by atoms with Crippen LogP contribution in [0.4, 0.5) is 0 Å². The van der Waals surface area contributed by atoms with Gasteiger partial charge in [-0.15, -0.1) is 0 Å². The van der Waals surface area contributed by atoms with Crippen LogP contribution in [-0.2, 0) is 6.42 Å². The molecular formula is C14H18N4O. The number of aryl methyl sites for hydroxylation is 1. The maximum absolute atomic E-state index is 5.73. The fourth-order valence-corrected chi connectivity index (χ4v) is 2.18. The Morgan fingerprint density at radius 1 is 1.42 bits per heavy atom. The van der Waals surface area contributed by atoms with E-state index in [9.17, 15) is 0 Å². The molecule has 0 fully saturated rings. The summed E-state index contributed by atoms with van der Waals surface area (Å²) in [7, 11) is 0. The third kappa shape index (κ3) is 2.70. The average molecular weight is 258 g/mol. The highest BCUT2D eigenvalue weighted by Crippen LogP contribution is 2.18. The van der Waals surface area contributed by atoms with Crippen molar-refractivity contribution in [2.24, 2.45) is 4.99 Å². The van der Waals surface area contributed by atoms with Crippen molar-refractivity contribution in [2.45, 2.75) is 19.8 Å². The number of oxazole rings is 1. The summed E-state index contributed by atoms with van der Waals surface area (Å²) in [4.78, 5) is 8.89. The fraction of sp³-hybridized carbons (Fsp3) is 0.429. The summed E-state index contributed by atoms with van der Waals surface area (Å²) in [5.41, 5.74) is 2.98. The molecule has 2 aromatic rings. The quantitative estimate of drug-likeness (QED) is 0.878. The molecule has 2 N–H and O–H groups in total. The van der Waals surface area contributed by atoms with Gasteiger partial charge in [0.1, 0.15) is 5.52 Å². The van der Waals surface area contributed by atoms with Gasteiger partial charge in [-0.3, -0.25) is 4.99 Å². The Morgan fingerprint density at radius 2 is 2.37 bits per heavy atom. The zero-order chi connectivity index (χ0) is 13.1. The average Bonchev–Trinajstić information content (AvgIpc) is 2.84. The zero-order valence-electron chi connectivity index (χ0n) is 11.1. The van der Waals surface area contributed by atoms with Crippen molar-refractivity contribution >= 4 is 17.1 Å². The van der Waals surface area contributed by atoms with E-state index in [2.05, 4.69) is 20.6 Å². The van der Waals surface area contributed by atoms with E-state index in [4.69, 9.17) is 4.42 Å². The van der Waals surface area contributed by atoms with Crippen molar-refractivity contribution in [3.8, 4) is 0 Å². The molecule has 0 saturated carbocycles. The van der Waals surface area contributed by atoms with Gasteiger partial charge < -0.3 is 15.1 Å². The van der Waals surface area contributed by atoms with Crippen LogP contribution in [0, 0.1) is 6.92 Å². The third-order valence-corrected chi connectivity index (χ3v) is 3.19. The van der Waals surface area contributed by atoms with Gasteiger partial charge in [-0.05, 0) is 25.0 Å². The van der Waals surface area contributed by atoms with Gasteiger partial charge in [-0.1, -0.05) is 12.1 Å². The van der Waals surface area contributed by atoms with Gasteiger partial charge in [-0.25, -0.2) is 4.98 Å². The number of hydrogen-bond donors (Lipinski definition) is 2. The van der Waals surface area contributed by atoms with Crippen molar-refractivity contribution in [3.05, 3.63) is 29.7 Å². The summed E-state index contributed by atoms with van der Waals surface area (Å²) in [5.74, 6) is 1.66. The molecule has 0 atom stereocenters. The third-order valence-electron chi connectivity index (χ3n) is 3.19. The summed E-state index contributed by atoms with van der Waals surface area (Å²) >= 11 is 0. The van der Waals surface area contributed by atoms with Crippen LogP contribution in [0.5, 0.6) is 0 Å². The van der Waals surface area contributed by atoms with Crippen LogP contribution in [0.2, 0.25) is 0 Å². The van der Waals surface area contributed by atoms with E-state index in [1.54, 1.807) is 0 Å². The molecule has 2 heterocycles. The second-order valence-corrected chi connectivity index (χ2v) is 4.72. The molecule has 3 rings (SSSR count). The Hall–Kier alpha value is -2.04. The summed E-state index contributed by atoms with van der Waals surface area (Å²) in [6, 6.07) is 6.00. The number of fused-ring (bicyclic) bond motifs is 1. The van der Waals surface area contributed by atoms with Gasteiger partial charge in [-0.2, -0.15) is 0 Å². The largest absolute Gasteiger partial charge is 0.441 e. The van der Waals surface area contributed by atoms with E-state index in [0.29, 0.717) is 0 Å². The van der Waals surface area contributed by atoms with E-state index in [1.807, 2.05) is 25.1 Å². The topological polar surface area (TPSA) is 62.5 Å². The smallest absolute Gasteiger partial charge is 0.197 e. The molecule has 5 heteroatoms. The number of rotatable bonds is 3. The molecule has 0 amide bonds. The lowest BCUT2D eigenvalue weighted by molar-refractivity contribution is 0.525. The first-order valence-corrected chi connectivity index (χ1v) is 6.70. The van der Waals surface area contributed by atoms with Gasteiger partial charge in [0.05, 0.1) is 0 Å². The minimum Gasteiger partial charge on any atom is -0.441 e. The molecule has 1 aliphatic heterocycles. The SMILES string of the molecule is Cc1cccc2oc(CCNC3=NCCCN3)nc12. The van der Waals surface area contributed by atoms with Crippen molar-refractivity contribution < 1.29 is 4.42 Å². The lowest BCUT2D eigenvalue weighted by Crippen LogP contribution is -2.41. The molecule has 0 unspecified atom stereocenters. The fourth-order valence-electron chi connectivity index (χ4n) is 2.18. The molecule has 19 heavy (non-hydrogen) atoms. The number of aromatic nitrogens is 1. The first kappa shape index (κ1) is 12.0. The number of nitrogens with zero attached hydrogens (tertiary/aromatic N) is 2. The van der Waals surface area contributed by atoms with Crippen molar-refractivity contribution in [2.75, 3.05) is 19.6 Å². The highest BCUT2D eigenvalue weighted by molar-refractivity contribution is 5.80. The van der Waals surface area contributed by atoms with Crippen molar-refractivity contribution in [3.63, 3.8) is 0 Å². The lowest BCUT2D eigenvalue weighted by Gasteiger charge is -2.15. The highest BCUT2D eigenvalue weighted by atomic mass is 16.3. The molecule has 1 aromatic heterocycles. The van der Waals surface area contributed by atoms with Gasteiger partial charge in [0.2, 0.25) is 0 Å². The van der Waals surface area contributed by atoms with E-state index in [-0.39, 0.29) is 0 Å². The van der Waals surface area contributed by atoms with Crippen molar-refractivity contribution in [1.29, 1.82) is 0 Å². The second-order valence-electron chi connectivity index (χ2n) is 4.72. The molecular weight excluding hydrogens is 240 g/mol. The number of hydrogen-bond acceptors (Lipinski definition) is 5. The molecule has 0 aliphatic carbocycles. The minimum absolute atomic E-state index is 0.759. The molecule has 1 aliphatic rings. The van der Waals surface area contributed by atoms with Crippen LogP contribution in [0.3, 0.4) is 0 Å². The normalized spacial score (nSPS) is 15.1. The Labute approximate surface area is 112 Å². The Morgan fingerprint density at radius 3 is 3.16 bits per heavy atom. The number of guanidine groups is 1. The second kappa shape index (κ2) is 5.30. The van der Waals surface area contributed by atoms with Gasteiger partial charge in [0, 0.05) is 26.1 Å². The predicted octanol–water partition coefficient (Wildman–Crippen LogP) is 1.62. The summed E-state index contributed by atoms with van der Waals surface area (Å²) in [6.07, 6.45) is 1.87. The maximum Gasteiger partial charge on any atom is 0.197 e. The first-order valence-electron chi connectivity index (χ1n) is 6.70. The molecule has 0 bridgehead atoms. The van der Waals surface area contributed by atoms with Crippen LogP contribution in [-0.4, -0.2) is 30.6 Å². The van der Waals surface area contributed by atoms with Crippen LogP contribution in [0.1, 0.15) is 17.9 Å². The van der Waals surface area contributed by atoms with Gasteiger partial charge in [0.25, 0.3) is 0 Å². The standard InChI is InChI=1S/C14H18N4O/c1-10-4-2-5-11-13(10)18-12(19-11)6-9-17-14-15-7-3-8-16-14/h2,4-5H,3,6-9H2,1H3,(H2,15,16,17). The van der Waals surface area contributed by atoms with Crippen LogP contribution in [0.15, 0.2) is 27.6 Å². The predicted molar refractivity (Wildman–Crippen MR) is 75.4 cm³/mol. The molecule has 100 valence electrons. The number of benzene rings is 1. The van der Waals surface area contributed by atoms with E-state index < -0.39 is 0 Å². The molecule has 0 spiro atoms. The Balaban J connectivity index is 1.62. The van der Waals surface area contributed by atoms with E-state index in [0.717, 1.165) is 61.0 Å². The molecule has 1 aromatic carbocycles. The number of aliphatic imine (C=N–C) groups is 1. The van der Waals surface area contributed by atoms with Crippen LogP contribution in [0.25, 0.3) is 11.1 Å². The minimum atomic E-state index is 0.759. The van der Waals surface area contributed by atoms with Crippen LogP contribution < -0.4 is 10.6 Å². The van der Waals surface area contributed by atoms with Crippen molar-refractivity contribution in [1.82, 2.24) is 15.6 Å². The Kier molecular flexibility index (Phi) is 3.35. The highest BCUT2D eigenvalue weighted by Gasteiger charge is 2.08. The zero-order valence-corrected chi connectivity index (χ0v) is 11.1. The van der Waals surface area contributed by atoms with E-state index >= 15 is 0 Å². The summed E-state index contributed by atoms with van der Waals surface area (Å²) in [6.45, 7) is 4.72. The molecule has 0 radical (unpaired) electrons. The summed E-state index contributed by atoms with van der Waals surface area (Å²) < 4.78 is 5.73. The maximum atomic E-state index is 5.73.